The molecule has 2 aromatic rings. The zero-order valence-corrected chi connectivity index (χ0v) is 19.7. The smallest absolute Gasteiger partial charge is 0.274 e. The van der Waals surface area contributed by atoms with Crippen LogP contribution in [0.4, 0.5) is 0 Å². The summed E-state index contributed by atoms with van der Waals surface area (Å²) < 4.78 is 7.30. The average Bonchev–Trinajstić information content (AvgIpc) is 3.09. The van der Waals surface area contributed by atoms with Crippen molar-refractivity contribution in [2.75, 3.05) is 53.9 Å². The van der Waals surface area contributed by atoms with E-state index in [9.17, 15) is 4.79 Å². The Morgan fingerprint density at radius 2 is 2.03 bits per heavy atom. The number of likely N-dealkylation sites (tertiary alicyclic amines) is 1. The number of carbonyl (C=O) groups is 1. The number of hydrogen-bond donors (Lipinski definition) is 0. The number of rotatable bonds is 9. The highest BCUT2D eigenvalue weighted by molar-refractivity contribution is 5.92. The van der Waals surface area contributed by atoms with Crippen LogP contribution in [0.1, 0.15) is 34.6 Å². The maximum Gasteiger partial charge on any atom is 0.274 e. The second kappa shape index (κ2) is 10.8. The van der Waals surface area contributed by atoms with Crippen molar-refractivity contribution in [3.8, 4) is 5.75 Å². The Morgan fingerprint density at radius 1 is 1.26 bits per heavy atom. The summed E-state index contributed by atoms with van der Waals surface area (Å²) in [5.74, 6) is 1.43. The molecule has 31 heavy (non-hydrogen) atoms. The van der Waals surface area contributed by atoms with Gasteiger partial charge in [0.2, 0.25) is 0 Å². The molecule has 3 rings (SSSR count). The van der Waals surface area contributed by atoms with Crippen LogP contribution < -0.4 is 4.74 Å². The molecule has 1 aliphatic heterocycles. The molecule has 1 saturated heterocycles. The summed E-state index contributed by atoms with van der Waals surface area (Å²) in [5, 5.41) is 4.43. The lowest BCUT2D eigenvalue weighted by Crippen LogP contribution is -2.44. The van der Waals surface area contributed by atoms with Gasteiger partial charge in [-0.15, -0.1) is 0 Å². The van der Waals surface area contributed by atoms with Crippen molar-refractivity contribution in [3.05, 3.63) is 47.3 Å². The van der Waals surface area contributed by atoms with Gasteiger partial charge in [-0.2, -0.15) is 5.10 Å². The van der Waals surface area contributed by atoms with Crippen molar-refractivity contribution >= 4 is 5.91 Å². The fourth-order valence-electron chi connectivity index (χ4n) is 4.25. The summed E-state index contributed by atoms with van der Waals surface area (Å²) >= 11 is 0. The third-order valence-electron chi connectivity index (χ3n) is 6.11. The molecule has 7 nitrogen and oxygen atoms in total. The first-order valence-electron chi connectivity index (χ1n) is 11.2. The van der Waals surface area contributed by atoms with E-state index in [1.54, 1.807) is 11.8 Å². The summed E-state index contributed by atoms with van der Waals surface area (Å²) in [5.41, 5.74) is 2.76. The van der Waals surface area contributed by atoms with Gasteiger partial charge >= 0.3 is 0 Å². The minimum Gasteiger partial charge on any atom is -0.496 e. The van der Waals surface area contributed by atoms with E-state index in [0.717, 1.165) is 57.0 Å². The second-order valence-electron chi connectivity index (χ2n) is 8.90. The maximum atomic E-state index is 13.3. The van der Waals surface area contributed by atoms with E-state index in [4.69, 9.17) is 4.74 Å². The highest BCUT2D eigenvalue weighted by Crippen LogP contribution is 2.24. The van der Waals surface area contributed by atoms with Crippen LogP contribution in [0.3, 0.4) is 0 Å². The number of piperidine rings is 1. The van der Waals surface area contributed by atoms with Crippen LogP contribution in [0.15, 0.2) is 30.3 Å². The van der Waals surface area contributed by atoms with E-state index < -0.39 is 0 Å². The third kappa shape index (κ3) is 6.31. The predicted octanol–water partition coefficient (Wildman–Crippen LogP) is 2.65. The highest BCUT2D eigenvalue weighted by atomic mass is 16.5. The van der Waals surface area contributed by atoms with E-state index in [-0.39, 0.29) is 5.91 Å². The zero-order chi connectivity index (χ0) is 22.4. The van der Waals surface area contributed by atoms with Crippen LogP contribution in [0.2, 0.25) is 0 Å². The van der Waals surface area contributed by atoms with Gasteiger partial charge < -0.3 is 14.5 Å². The molecule has 0 saturated carbocycles. The topological polar surface area (TPSA) is 53.8 Å². The highest BCUT2D eigenvalue weighted by Gasteiger charge is 2.26. The van der Waals surface area contributed by atoms with Crippen molar-refractivity contribution in [1.82, 2.24) is 24.5 Å². The molecular formula is C24H37N5O2. The van der Waals surface area contributed by atoms with Gasteiger partial charge in [0, 0.05) is 51.0 Å². The van der Waals surface area contributed by atoms with Crippen molar-refractivity contribution in [3.63, 3.8) is 0 Å². The van der Waals surface area contributed by atoms with E-state index in [1.165, 1.54) is 5.56 Å². The summed E-state index contributed by atoms with van der Waals surface area (Å²) in [6.45, 7) is 7.26. The first-order chi connectivity index (χ1) is 14.9. The predicted molar refractivity (Wildman–Crippen MR) is 123 cm³/mol. The first-order valence-corrected chi connectivity index (χ1v) is 11.2. The number of aryl methyl sites for hydroxylation is 2. The lowest BCUT2D eigenvalue weighted by molar-refractivity contribution is 0.0654. The molecule has 0 spiro atoms. The number of likely N-dealkylation sites (N-methyl/N-ethyl adjacent to an activating group) is 1. The molecule has 0 unspecified atom stereocenters. The van der Waals surface area contributed by atoms with Gasteiger partial charge in [0.1, 0.15) is 5.75 Å². The molecule has 0 aliphatic carbocycles. The summed E-state index contributed by atoms with van der Waals surface area (Å²) in [6.07, 6.45) is 2.30. The number of hydrogen-bond acceptors (Lipinski definition) is 5. The van der Waals surface area contributed by atoms with Crippen LogP contribution in [0, 0.1) is 12.8 Å². The van der Waals surface area contributed by atoms with E-state index >= 15 is 0 Å². The van der Waals surface area contributed by atoms with Gasteiger partial charge in [0.05, 0.1) is 7.11 Å². The Hall–Kier alpha value is -2.38. The monoisotopic (exact) mass is 427 g/mol. The maximum absolute atomic E-state index is 13.3. The van der Waals surface area contributed by atoms with Crippen molar-refractivity contribution in [2.24, 2.45) is 13.0 Å². The number of carbonyl (C=O) groups excluding carboxylic acids is 1. The number of benzene rings is 1. The molecule has 170 valence electrons. The SMILES string of the molecule is COc1ccccc1CN1CCC[C@H](CN(CCN(C)C)C(=O)c2cc(C)n(C)n2)C1. The molecule has 2 heterocycles. The molecule has 0 radical (unpaired) electrons. The molecule has 1 aromatic heterocycles. The number of ether oxygens (including phenoxy) is 1. The van der Waals surface area contributed by atoms with Gasteiger partial charge in [-0.3, -0.25) is 14.4 Å². The van der Waals surface area contributed by atoms with Crippen LogP contribution in [0.25, 0.3) is 0 Å². The Balaban J connectivity index is 1.67. The summed E-state index contributed by atoms with van der Waals surface area (Å²) in [7, 11) is 7.70. The number of amides is 1. The van der Waals surface area contributed by atoms with Gasteiger partial charge in [-0.25, -0.2) is 0 Å². The van der Waals surface area contributed by atoms with E-state index in [1.807, 2.05) is 51.2 Å². The molecule has 7 heteroatoms. The van der Waals surface area contributed by atoms with E-state index in [2.05, 4.69) is 27.0 Å². The molecule has 1 aromatic carbocycles. The number of para-hydroxylation sites is 1. The first kappa shape index (κ1) is 23.3. The van der Waals surface area contributed by atoms with Crippen molar-refractivity contribution in [1.29, 1.82) is 0 Å². The van der Waals surface area contributed by atoms with Gasteiger partial charge in [0.15, 0.2) is 5.69 Å². The standard InChI is InChI=1S/C24H37N5O2/c1-19-15-22(25-27(19)4)24(30)29(14-13-26(2)3)17-20-9-8-12-28(16-20)18-21-10-6-7-11-23(21)31-5/h6-7,10-11,15,20H,8-9,12-14,16-18H2,1-5H3/t20-/m0/s1. The van der Waals surface area contributed by atoms with Crippen LogP contribution in [-0.2, 0) is 13.6 Å². The van der Waals surface area contributed by atoms with Crippen molar-refractivity contribution < 1.29 is 9.53 Å². The number of aromatic nitrogens is 2. The fourth-order valence-corrected chi connectivity index (χ4v) is 4.25. The van der Waals surface area contributed by atoms with Gasteiger partial charge in [-0.05, 0) is 58.5 Å². The lowest BCUT2D eigenvalue weighted by atomic mass is 9.96. The lowest BCUT2D eigenvalue weighted by Gasteiger charge is -2.36. The quantitative estimate of drug-likeness (QED) is 0.616. The summed E-state index contributed by atoms with van der Waals surface area (Å²) in [4.78, 5) is 19.9. The van der Waals surface area contributed by atoms with Crippen LogP contribution in [-0.4, -0.2) is 84.3 Å². The molecule has 1 aliphatic rings. The molecule has 1 amide bonds. The molecule has 0 bridgehead atoms. The zero-order valence-electron chi connectivity index (χ0n) is 19.7. The molecule has 1 atom stereocenters. The van der Waals surface area contributed by atoms with Gasteiger partial charge in [0.25, 0.3) is 5.91 Å². The third-order valence-corrected chi connectivity index (χ3v) is 6.11. The molecule has 1 fully saturated rings. The van der Waals surface area contributed by atoms with Gasteiger partial charge in [-0.1, -0.05) is 18.2 Å². The second-order valence-corrected chi connectivity index (χ2v) is 8.90. The minimum absolute atomic E-state index is 0.0346. The number of nitrogens with zero attached hydrogens (tertiary/aromatic N) is 5. The minimum atomic E-state index is 0.0346. The molecular weight excluding hydrogens is 390 g/mol. The Labute approximate surface area is 186 Å². The normalized spacial score (nSPS) is 17.2. The van der Waals surface area contributed by atoms with E-state index in [0.29, 0.717) is 18.2 Å². The Bertz CT molecular complexity index is 844. The molecule has 0 N–H and O–H groups in total. The number of methoxy groups -OCH3 is 1. The average molecular weight is 428 g/mol. The van der Waals surface area contributed by atoms with Crippen LogP contribution >= 0.6 is 0 Å². The largest absolute Gasteiger partial charge is 0.496 e. The fraction of sp³-hybridized carbons (Fsp3) is 0.583. The Morgan fingerprint density at radius 3 is 2.71 bits per heavy atom. The van der Waals surface area contributed by atoms with Crippen molar-refractivity contribution in [2.45, 2.75) is 26.3 Å². The Kier molecular flexibility index (Phi) is 8.09. The summed E-state index contributed by atoms with van der Waals surface area (Å²) in [6, 6.07) is 10.1. The van der Waals surface area contributed by atoms with Crippen LogP contribution in [0.5, 0.6) is 5.75 Å².